The van der Waals surface area contributed by atoms with E-state index in [2.05, 4.69) is 0 Å². The quantitative estimate of drug-likeness (QED) is 0.839. The largest absolute Gasteiger partial charge is 0.493 e. The van der Waals surface area contributed by atoms with E-state index in [0.717, 1.165) is 18.4 Å². The summed E-state index contributed by atoms with van der Waals surface area (Å²) in [7, 11) is 1.57. The second-order valence-electron chi connectivity index (χ2n) is 4.87. The van der Waals surface area contributed by atoms with E-state index in [1.165, 1.54) is 6.07 Å². The minimum atomic E-state index is -0.384. The van der Waals surface area contributed by atoms with Crippen LogP contribution in [-0.4, -0.2) is 13.7 Å². The van der Waals surface area contributed by atoms with E-state index in [4.69, 9.17) is 26.8 Å². The Balaban J connectivity index is 2.17. The van der Waals surface area contributed by atoms with Crippen molar-refractivity contribution in [2.45, 2.75) is 19.4 Å². The smallest absolute Gasteiger partial charge is 0.161 e. The van der Waals surface area contributed by atoms with E-state index in [1.807, 2.05) is 18.2 Å². The third kappa shape index (κ3) is 4.12. The average Bonchev–Trinajstić information content (AvgIpc) is 2.52. The zero-order valence-corrected chi connectivity index (χ0v) is 13.2. The lowest BCUT2D eigenvalue weighted by atomic mass is 10.1. The topological polar surface area (TPSA) is 44.5 Å². The Bertz CT molecular complexity index is 614. The van der Waals surface area contributed by atoms with Crippen LogP contribution in [0.25, 0.3) is 0 Å². The van der Waals surface area contributed by atoms with Crippen molar-refractivity contribution in [1.29, 1.82) is 0 Å². The molecule has 0 amide bonds. The molecule has 0 radical (unpaired) electrons. The van der Waals surface area contributed by atoms with Gasteiger partial charge in [-0.05, 0) is 49.2 Å². The summed E-state index contributed by atoms with van der Waals surface area (Å²) in [5.41, 5.74) is 6.96. The van der Waals surface area contributed by atoms with Crippen LogP contribution in [0.5, 0.6) is 11.5 Å². The van der Waals surface area contributed by atoms with Crippen molar-refractivity contribution >= 4 is 11.6 Å². The number of nitrogens with two attached hydrogens (primary N) is 1. The predicted molar refractivity (Wildman–Crippen MR) is 86.1 cm³/mol. The molecule has 0 atom stereocenters. The molecule has 2 N–H and O–H groups in total. The normalized spacial score (nSPS) is 10.5. The first-order valence-corrected chi connectivity index (χ1v) is 7.46. The summed E-state index contributed by atoms with van der Waals surface area (Å²) in [6.45, 7) is 0.676. The van der Waals surface area contributed by atoms with E-state index in [9.17, 15) is 4.39 Å². The zero-order chi connectivity index (χ0) is 15.9. The Morgan fingerprint density at radius 3 is 2.68 bits per heavy atom. The molecular weight excluding hydrogens is 305 g/mol. The van der Waals surface area contributed by atoms with E-state index >= 15 is 0 Å². The van der Waals surface area contributed by atoms with Crippen LogP contribution < -0.4 is 15.2 Å². The minimum absolute atomic E-state index is 0.0439. The highest BCUT2D eigenvalue weighted by Crippen LogP contribution is 2.30. The highest BCUT2D eigenvalue weighted by atomic mass is 35.5. The fourth-order valence-electron chi connectivity index (χ4n) is 2.12. The van der Waals surface area contributed by atoms with Gasteiger partial charge in [-0.25, -0.2) is 4.39 Å². The van der Waals surface area contributed by atoms with Crippen molar-refractivity contribution < 1.29 is 13.9 Å². The number of benzene rings is 2. The van der Waals surface area contributed by atoms with Crippen molar-refractivity contribution in [1.82, 2.24) is 0 Å². The van der Waals surface area contributed by atoms with Crippen LogP contribution in [0.15, 0.2) is 36.4 Å². The number of halogens is 2. The molecule has 0 unspecified atom stereocenters. The summed E-state index contributed by atoms with van der Waals surface area (Å²) in [6.07, 6.45) is 1.75. The van der Waals surface area contributed by atoms with Gasteiger partial charge in [-0.1, -0.05) is 23.7 Å². The number of methoxy groups -OCH3 is 1. The fraction of sp³-hybridized carbons (Fsp3) is 0.294. The van der Waals surface area contributed by atoms with Gasteiger partial charge in [0.1, 0.15) is 12.4 Å². The molecule has 0 fully saturated rings. The summed E-state index contributed by atoms with van der Waals surface area (Å²) in [5, 5.41) is 0.346. The molecule has 0 saturated carbocycles. The van der Waals surface area contributed by atoms with Gasteiger partial charge in [0.25, 0.3) is 0 Å². The number of ether oxygens (including phenoxy) is 2. The van der Waals surface area contributed by atoms with Crippen LogP contribution in [0.2, 0.25) is 5.02 Å². The van der Waals surface area contributed by atoms with E-state index in [1.54, 1.807) is 19.2 Å². The maximum atomic E-state index is 13.8. The van der Waals surface area contributed by atoms with Gasteiger partial charge in [-0.2, -0.15) is 0 Å². The molecular formula is C17H19ClFNO2. The number of hydrogen-bond donors (Lipinski definition) is 1. The van der Waals surface area contributed by atoms with Gasteiger partial charge < -0.3 is 15.2 Å². The van der Waals surface area contributed by atoms with Gasteiger partial charge in [0, 0.05) is 5.56 Å². The zero-order valence-electron chi connectivity index (χ0n) is 12.4. The molecule has 0 spiro atoms. The second-order valence-corrected chi connectivity index (χ2v) is 5.27. The van der Waals surface area contributed by atoms with Crippen molar-refractivity contribution in [2.75, 3.05) is 13.7 Å². The molecule has 0 saturated heterocycles. The van der Waals surface area contributed by atoms with Gasteiger partial charge in [0.2, 0.25) is 0 Å². The summed E-state index contributed by atoms with van der Waals surface area (Å²) < 4.78 is 24.8. The van der Waals surface area contributed by atoms with Gasteiger partial charge in [0.15, 0.2) is 11.5 Å². The molecule has 2 aromatic carbocycles. The molecule has 22 heavy (non-hydrogen) atoms. The Kier molecular flexibility index (Phi) is 6.04. The Morgan fingerprint density at radius 2 is 2.00 bits per heavy atom. The molecule has 118 valence electrons. The van der Waals surface area contributed by atoms with Gasteiger partial charge in [-0.3, -0.25) is 0 Å². The average molecular weight is 324 g/mol. The Morgan fingerprint density at radius 1 is 1.18 bits per heavy atom. The summed E-state index contributed by atoms with van der Waals surface area (Å²) in [5.74, 6) is 0.783. The van der Waals surface area contributed by atoms with E-state index < -0.39 is 0 Å². The molecule has 0 aliphatic rings. The molecule has 0 aliphatic heterocycles. The number of hydrogen-bond acceptors (Lipinski definition) is 3. The molecule has 2 rings (SSSR count). The lowest BCUT2D eigenvalue weighted by molar-refractivity contribution is 0.279. The molecule has 3 nitrogen and oxygen atoms in total. The molecule has 2 aromatic rings. The summed E-state index contributed by atoms with van der Waals surface area (Å²) in [6, 6.07) is 10.3. The highest BCUT2D eigenvalue weighted by Gasteiger charge is 2.11. The highest BCUT2D eigenvalue weighted by molar-refractivity contribution is 6.31. The first-order valence-electron chi connectivity index (χ1n) is 7.08. The maximum Gasteiger partial charge on any atom is 0.161 e. The Labute approximate surface area is 134 Å². The Hall–Kier alpha value is -1.78. The fourth-order valence-corrected chi connectivity index (χ4v) is 2.33. The van der Waals surface area contributed by atoms with Crippen LogP contribution in [-0.2, 0) is 13.0 Å². The maximum absolute atomic E-state index is 13.8. The summed E-state index contributed by atoms with van der Waals surface area (Å²) >= 11 is 6.00. The molecule has 5 heteroatoms. The van der Waals surface area contributed by atoms with Gasteiger partial charge in [0.05, 0.1) is 12.1 Å². The second kappa shape index (κ2) is 8.01. The van der Waals surface area contributed by atoms with Crippen LogP contribution >= 0.6 is 11.6 Å². The first kappa shape index (κ1) is 16.6. The van der Waals surface area contributed by atoms with Crippen LogP contribution in [0.3, 0.4) is 0 Å². The standard InChI is InChI=1S/C17H19ClFNO2/c1-21-16-8-7-12(4-3-9-20)10-17(16)22-11-13-14(18)5-2-6-15(13)19/h2,5-8,10H,3-4,9,11,20H2,1H3. The SMILES string of the molecule is COc1ccc(CCCN)cc1OCc1c(F)cccc1Cl. The number of aryl methyl sites for hydroxylation is 1. The van der Waals surface area contributed by atoms with Gasteiger partial charge in [-0.15, -0.1) is 0 Å². The third-order valence-corrected chi connectivity index (χ3v) is 3.69. The minimum Gasteiger partial charge on any atom is -0.493 e. The lowest BCUT2D eigenvalue weighted by Crippen LogP contribution is -2.03. The van der Waals surface area contributed by atoms with E-state index in [0.29, 0.717) is 28.6 Å². The van der Waals surface area contributed by atoms with Crippen molar-refractivity contribution in [3.63, 3.8) is 0 Å². The monoisotopic (exact) mass is 323 g/mol. The lowest BCUT2D eigenvalue weighted by Gasteiger charge is -2.13. The van der Waals surface area contributed by atoms with E-state index in [-0.39, 0.29) is 12.4 Å². The van der Waals surface area contributed by atoms with Crippen LogP contribution in [0, 0.1) is 5.82 Å². The third-order valence-electron chi connectivity index (χ3n) is 3.33. The molecule has 0 aliphatic carbocycles. The molecule has 0 heterocycles. The predicted octanol–water partition coefficient (Wildman–Crippen LogP) is 3.96. The summed E-state index contributed by atoms with van der Waals surface area (Å²) in [4.78, 5) is 0. The molecule has 0 aromatic heterocycles. The van der Waals surface area contributed by atoms with Crippen molar-refractivity contribution in [3.05, 3.63) is 58.4 Å². The van der Waals surface area contributed by atoms with Crippen LogP contribution in [0.1, 0.15) is 17.5 Å². The van der Waals surface area contributed by atoms with Gasteiger partial charge >= 0.3 is 0 Å². The van der Waals surface area contributed by atoms with Crippen molar-refractivity contribution in [2.24, 2.45) is 5.73 Å². The van der Waals surface area contributed by atoms with Crippen molar-refractivity contribution in [3.8, 4) is 11.5 Å². The number of rotatable bonds is 7. The first-order chi connectivity index (χ1) is 10.7. The van der Waals surface area contributed by atoms with Crippen LogP contribution in [0.4, 0.5) is 4.39 Å². The molecule has 0 bridgehead atoms.